The van der Waals surface area contributed by atoms with Crippen molar-refractivity contribution in [2.24, 2.45) is 5.73 Å². The topological polar surface area (TPSA) is 95.1 Å². The maximum absolute atomic E-state index is 16.0. The van der Waals surface area contributed by atoms with Crippen LogP contribution in [0.4, 0.5) is 20.7 Å². The van der Waals surface area contributed by atoms with Crippen molar-refractivity contribution >= 4 is 17.6 Å². The number of benzene rings is 3. The Morgan fingerprint density at radius 3 is 2.52 bits per heavy atom. The number of halogens is 1. The Morgan fingerprint density at radius 2 is 1.80 bits per heavy atom. The minimum atomic E-state index is -1.03. The molecule has 0 atom stereocenters. The minimum Gasteiger partial charge on any atom is -0.438 e. The normalized spacial score (nSPS) is 14.6. The van der Waals surface area contributed by atoms with Gasteiger partial charge >= 0.3 is 6.09 Å². The molecule has 0 unspecified atom stereocenters. The molecule has 0 bridgehead atoms. The number of pyridine rings is 1. The van der Waals surface area contributed by atoms with Crippen molar-refractivity contribution in [3.8, 4) is 39.6 Å². The number of hydrogen-bond acceptors (Lipinski definition) is 5. The summed E-state index contributed by atoms with van der Waals surface area (Å²) in [6, 6.07) is 24.9. The molecule has 198 valence electrons. The number of imidazole rings is 1. The number of carbonyl (C=O) groups excluding carboxylic acids is 1. The van der Waals surface area contributed by atoms with Crippen LogP contribution in [-0.4, -0.2) is 20.6 Å². The number of aryl methyl sites for hydroxylation is 1. The quantitative estimate of drug-likeness (QED) is 0.250. The number of nitrogens with two attached hydrogens (primary N) is 1. The van der Waals surface area contributed by atoms with Crippen molar-refractivity contribution in [3.05, 3.63) is 102 Å². The Labute approximate surface area is 230 Å². The lowest BCUT2D eigenvalue weighted by atomic mass is 9.74. The van der Waals surface area contributed by atoms with Gasteiger partial charge in [0.1, 0.15) is 17.2 Å². The van der Waals surface area contributed by atoms with Gasteiger partial charge in [-0.2, -0.15) is 0 Å². The Kier molecular flexibility index (Phi) is 5.45. The number of carbonyl (C=O) groups is 1. The second-order valence-electron chi connectivity index (χ2n) is 10.3. The maximum Gasteiger partial charge on any atom is 0.405 e. The fourth-order valence-corrected chi connectivity index (χ4v) is 5.87. The highest BCUT2D eigenvalue weighted by Gasteiger charge is 2.44. The summed E-state index contributed by atoms with van der Waals surface area (Å²) in [5.74, 6) is 0.937. The van der Waals surface area contributed by atoms with E-state index in [4.69, 9.17) is 15.5 Å². The lowest BCUT2D eigenvalue weighted by Gasteiger charge is -2.41. The number of aromatic nitrogens is 3. The van der Waals surface area contributed by atoms with Crippen LogP contribution in [0.1, 0.15) is 30.4 Å². The minimum absolute atomic E-state index is 0.337. The number of nitrogens with zero attached hydrogens (tertiary/aromatic N) is 3. The molecule has 1 aliphatic heterocycles. The largest absolute Gasteiger partial charge is 0.438 e. The molecule has 7 rings (SSSR count). The number of hydrogen-bond donors (Lipinski definition) is 2. The van der Waals surface area contributed by atoms with Crippen LogP contribution >= 0.6 is 0 Å². The third kappa shape index (κ3) is 3.67. The molecular weight excluding hydrogens is 505 g/mol. The van der Waals surface area contributed by atoms with E-state index in [1.807, 2.05) is 73.7 Å². The van der Waals surface area contributed by atoms with E-state index in [1.165, 1.54) is 6.07 Å². The first-order valence-corrected chi connectivity index (χ1v) is 13.2. The average Bonchev–Trinajstić information content (AvgIpc) is 3.25. The number of ether oxygens (including phenoxy) is 1. The van der Waals surface area contributed by atoms with E-state index in [9.17, 15) is 4.79 Å². The molecule has 0 saturated heterocycles. The zero-order chi connectivity index (χ0) is 27.4. The van der Waals surface area contributed by atoms with Crippen LogP contribution < -0.4 is 11.1 Å². The van der Waals surface area contributed by atoms with Gasteiger partial charge in [-0.25, -0.2) is 19.2 Å². The van der Waals surface area contributed by atoms with Crippen molar-refractivity contribution in [1.29, 1.82) is 0 Å². The van der Waals surface area contributed by atoms with Crippen molar-refractivity contribution < 1.29 is 13.9 Å². The molecule has 1 amide bonds. The number of primary amides is 1. The first-order valence-electron chi connectivity index (χ1n) is 13.2. The lowest BCUT2D eigenvalue weighted by Crippen LogP contribution is -2.41. The molecule has 5 aromatic rings. The third-order valence-electron chi connectivity index (χ3n) is 7.92. The monoisotopic (exact) mass is 531 g/mol. The van der Waals surface area contributed by atoms with Crippen LogP contribution in [0.15, 0.2) is 85.1 Å². The summed E-state index contributed by atoms with van der Waals surface area (Å²) >= 11 is 0. The van der Waals surface area contributed by atoms with Crippen molar-refractivity contribution in [2.75, 3.05) is 5.32 Å². The fraction of sp³-hybridized carbons (Fsp3) is 0.156. The number of anilines is 2. The third-order valence-corrected chi connectivity index (χ3v) is 7.92. The van der Waals surface area contributed by atoms with Gasteiger partial charge in [0.15, 0.2) is 5.82 Å². The molecular formula is C32H26FN5O2. The number of rotatable bonds is 4. The summed E-state index contributed by atoms with van der Waals surface area (Å²) in [7, 11) is 0. The van der Waals surface area contributed by atoms with Crippen LogP contribution in [0.25, 0.3) is 39.6 Å². The van der Waals surface area contributed by atoms with Crippen LogP contribution in [0, 0.1) is 12.7 Å². The zero-order valence-corrected chi connectivity index (χ0v) is 21.8. The number of amides is 1. The summed E-state index contributed by atoms with van der Waals surface area (Å²) < 4.78 is 23.5. The SMILES string of the molecule is Cc1ccccc1-c1nc2n(c1-c1ccc(C3(OC(N)=O)CCC3)c(F)c1)-c1cccnc1Nc1ccccc1-2. The van der Waals surface area contributed by atoms with Gasteiger partial charge in [0.25, 0.3) is 0 Å². The van der Waals surface area contributed by atoms with Gasteiger partial charge in [0.05, 0.1) is 22.8 Å². The van der Waals surface area contributed by atoms with E-state index in [-0.39, 0.29) is 0 Å². The Hall–Kier alpha value is -4.98. The van der Waals surface area contributed by atoms with Gasteiger partial charge in [-0.15, -0.1) is 0 Å². The van der Waals surface area contributed by atoms with Crippen molar-refractivity contribution in [2.45, 2.75) is 31.8 Å². The molecule has 0 radical (unpaired) electrons. The number of para-hydroxylation sites is 1. The van der Waals surface area contributed by atoms with E-state index < -0.39 is 17.5 Å². The van der Waals surface area contributed by atoms with E-state index >= 15 is 4.39 Å². The predicted molar refractivity (Wildman–Crippen MR) is 152 cm³/mol. The standard InChI is InChI=1S/C32H26FN5O2/c1-19-8-2-3-9-21(19)27-28(20-13-14-23(24(33)18-20)32(15-7-16-32)40-31(34)39)38-26-12-6-17-35-29(26)36-25-11-5-4-10-22(25)30(38)37-27/h2-6,8-14,17-18H,7,15-16H2,1H3,(H2,34,39)(H,35,36). The molecule has 2 aliphatic rings. The molecule has 3 N–H and O–H groups in total. The van der Waals surface area contributed by atoms with Crippen molar-refractivity contribution in [1.82, 2.24) is 14.5 Å². The molecule has 1 aliphatic carbocycles. The molecule has 0 spiro atoms. The van der Waals surface area contributed by atoms with Crippen LogP contribution in [-0.2, 0) is 10.3 Å². The van der Waals surface area contributed by atoms with E-state index in [0.717, 1.165) is 51.7 Å². The van der Waals surface area contributed by atoms with Crippen LogP contribution in [0.5, 0.6) is 0 Å². The van der Waals surface area contributed by atoms with Crippen LogP contribution in [0.2, 0.25) is 0 Å². The molecule has 7 nitrogen and oxygen atoms in total. The maximum atomic E-state index is 16.0. The highest BCUT2D eigenvalue weighted by Crippen LogP contribution is 2.48. The lowest BCUT2D eigenvalue weighted by molar-refractivity contribution is -0.0514. The average molecular weight is 532 g/mol. The fourth-order valence-electron chi connectivity index (χ4n) is 5.87. The van der Waals surface area contributed by atoms with Gasteiger partial charge in [-0.3, -0.25) is 4.57 Å². The second-order valence-corrected chi connectivity index (χ2v) is 10.3. The molecule has 8 heteroatoms. The Bertz CT molecular complexity index is 1810. The van der Waals surface area contributed by atoms with E-state index in [1.54, 1.807) is 12.3 Å². The smallest absolute Gasteiger partial charge is 0.405 e. The molecule has 1 saturated carbocycles. The predicted octanol–water partition coefficient (Wildman–Crippen LogP) is 7.25. The summed E-state index contributed by atoms with van der Waals surface area (Å²) in [5, 5.41) is 3.45. The summed E-state index contributed by atoms with van der Waals surface area (Å²) in [4.78, 5) is 21.5. The van der Waals surface area contributed by atoms with Crippen molar-refractivity contribution in [3.63, 3.8) is 0 Å². The first-order chi connectivity index (χ1) is 19.4. The van der Waals surface area contributed by atoms with E-state index in [0.29, 0.717) is 29.8 Å². The Morgan fingerprint density at radius 1 is 1.02 bits per heavy atom. The molecule has 3 aromatic carbocycles. The highest BCUT2D eigenvalue weighted by atomic mass is 19.1. The summed E-state index contributed by atoms with van der Waals surface area (Å²) in [6.45, 7) is 2.04. The van der Waals surface area contributed by atoms with Crippen LogP contribution in [0.3, 0.4) is 0 Å². The number of fused-ring (bicyclic) bond motifs is 5. The molecule has 3 heterocycles. The van der Waals surface area contributed by atoms with Gasteiger partial charge in [0.2, 0.25) is 0 Å². The first kappa shape index (κ1) is 24.1. The van der Waals surface area contributed by atoms with Gasteiger partial charge in [-0.05, 0) is 62.1 Å². The molecule has 1 fully saturated rings. The summed E-state index contributed by atoms with van der Waals surface area (Å²) in [5.41, 5.74) is 11.4. The van der Waals surface area contributed by atoms with E-state index in [2.05, 4.69) is 14.9 Å². The molecule has 40 heavy (non-hydrogen) atoms. The number of nitrogens with one attached hydrogen (secondary N) is 1. The van der Waals surface area contributed by atoms with Gasteiger partial charge in [-0.1, -0.05) is 48.5 Å². The Balaban J connectivity index is 1.52. The molecule has 2 aromatic heterocycles. The second kappa shape index (κ2) is 9.05. The van der Waals surface area contributed by atoms with Gasteiger partial charge < -0.3 is 15.8 Å². The van der Waals surface area contributed by atoms with Gasteiger partial charge in [0, 0.05) is 28.5 Å². The highest BCUT2D eigenvalue weighted by molar-refractivity contribution is 5.91. The zero-order valence-electron chi connectivity index (χ0n) is 21.8. The summed E-state index contributed by atoms with van der Waals surface area (Å²) in [6.07, 6.45) is 2.73.